The van der Waals surface area contributed by atoms with Crippen molar-refractivity contribution in [3.8, 4) is 33.6 Å². The molecule has 4 heterocycles. The molecule has 1 aromatic carbocycles. The highest BCUT2D eigenvalue weighted by Crippen LogP contribution is 2.37. The van der Waals surface area contributed by atoms with Crippen molar-refractivity contribution in [2.45, 2.75) is 33.5 Å². The Balaban J connectivity index is 1.55. The number of carbonyl (C=O) groups is 1. The fourth-order valence-electron chi connectivity index (χ4n) is 4.44. The molecule has 0 unspecified atom stereocenters. The summed E-state index contributed by atoms with van der Waals surface area (Å²) in [5.74, 6) is 0.327. The molecule has 0 aliphatic heterocycles. The molecule has 0 saturated carbocycles. The van der Waals surface area contributed by atoms with E-state index in [-0.39, 0.29) is 30.2 Å². The Morgan fingerprint density at radius 2 is 1.98 bits per heavy atom. The topological polar surface area (TPSA) is 129 Å². The van der Waals surface area contributed by atoms with Gasteiger partial charge in [-0.1, -0.05) is 0 Å². The Bertz CT molecular complexity index is 1730. The van der Waals surface area contributed by atoms with Crippen molar-refractivity contribution < 1.29 is 23.8 Å². The van der Waals surface area contributed by atoms with E-state index < -0.39 is 11.7 Å². The van der Waals surface area contributed by atoms with Crippen LogP contribution in [0.2, 0.25) is 0 Å². The van der Waals surface area contributed by atoms with Gasteiger partial charge in [0.25, 0.3) is 5.91 Å². The number of fused-ring (bicyclic) bond motifs is 1. The lowest BCUT2D eigenvalue weighted by atomic mass is 10.1. The fraction of sp³-hybridized carbons (Fsp3) is 0.296. The molecule has 4 aromatic heterocycles. The number of hydrogen-bond donors (Lipinski definition) is 2. The Hall–Kier alpha value is -4.36. The van der Waals surface area contributed by atoms with Crippen LogP contribution in [0.1, 0.15) is 33.5 Å². The van der Waals surface area contributed by atoms with Crippen LogP contribution in [0.4, 0.5) is 4.39 Å². The van der Waals surface area contributed by atoms with Crippen molar-refractivity contribution in [3.63, 3.8) is 0 Å². The summed E-state index contributed by atoms with van der Waals surface area (Å²) < 4.78 is 28.9. The number of thiazole rings is 1. The lowest BCUT2D eigenvalue weighted by Crippen LogP contribution is -2.24. The lowest BCUT2D eigenvalue weighted by molar-refractivity contribution is 0.0946. The molecule has 40 heavy (non-hydrogen) atoms. The van der Waals surface area contributed by atoms with Gasteiger partial charge in [0, 0.05) is 37.2 Å². The number of aryl methyl sites for hydroxylation is 3. The summed E-state index contributed by atoms with van der Waals surface area (Å²) in [5.41, 5.74) is 2.77. The zero-order valence-electron chi connectivity index (χ0n) is 22.6. The van der Waals surface area contributed by atoms with E-state index in [1.54, 1.807) is 62.0 Å². The van der Waals surface area contributed by atoms with Gasteiger partial charge in [-0.3, -0.25) is 14.2 Å². The minimum Gasteiger partial charge on any atom is -0.497 e. The molecule has 208 valence electrons. The highest BCUT2D eigenvalue weighted by atomic mass is 32.1. The summed E-state index contributed by atoms with van der Waals surface area (Å²) >= 11 is 1.15. The number of methoxy groups -OCH3 is 2. The van der Waals surface area contributed by atoms with Crippen LogP contribution < -0.4 is 14.8 Å². The van der Waals surface area contributed by atoms with Crippen LogP contribution in [0.25, 0.3) is 33.0 Å². The molecule has 11 nitrogen and oxygen atoms in total. The maximum atomic E-state index is 15.0. The van der Waals surface area contributed by atoms with Gasteiger partial charge in [0.05, 0.1) is 43.1 Å². The second kappa shape index (κ2) is 11.0. The average molecular weight is 566 g/mol. The van der Waals surface area contributed by atoms with Gasteiger partial charge >= 0.3 is 0 Å². The van der Waals surface area contributed by atoms with Crippen LogP contribution in [-0.4, -0.2) is 54.8 Å². The Kier molecular flexibility index (Phi) is 7.50. The molecule has 0 aliphatic rings. The van der Waals surface area contributed by atoms with Crippen molar-refractivity contribution >= 4 is 28.1 Å². The van der Waals surface area contributed by atoms with E-state index in [1.807, 2.05) is 13.0 Å². The summed E-state index contributed by atoms with van der Waals surface area (Å²) in [6.45, 7) is 3.75. The maximum Gasteiger partial charge on any atom is 0.270 e. The highest BCUT2D eigenvalue weighted by molar-refractivity contribution is 7.15. The molecule has 0 saturated heterocycles. The molecule has 0 bridgehead atoms. The Morgan fingerprint density at radius 1 is 1.18 bits per heavy atom. The number of aliphatic hydroxyl groups is 1. The molecule has 0 fully saturated rings. The SMILES string of the molecule is CCn1nc(C)c(F)c1-c1nc(-c2nc(C(=O)NCc3ccc(OC)cc3OC)cc3c2cnn3C)c(CO)s1. The summed E-state index contributed by atoms with van der Waals surface area (Å²) in [6.07, 6.45) is 1.63. The highest BCUT2D eigenvalue weighted by Gasteiger charge is 2.25. The number of halogens is 1. The van der Waals surface area contributed by atoms with Gasteiger partial charge in [0.2, 0.25) is 0 Å². The maximum absolute atomic E-state index is 15.0. The minimum atomic E-state index is -0.465. The molecular formula is C27H28FN7O4S. The molecule has 0 radical (unpaired) electrons. The largest absolute Gasteiger partial charge is 0.497 e. The second-order valence-electron chi connectivity index (χ2n) is 8.93. The fourth-order valence-corrected chi connectivity index (χ4v) is 5.41. The number of nitrogens with zero attached hydrogens (tertiary/aromatic N) is 6. The van der Waals surface area contributed by atoms with E-state index in [9.17, 15) is 9.90 Å². The van der Waals surface area contributed by atoms with Gasteiger partial charge < -0.3 is 19.9 Å². The van der Waals surface area contributed by atoms with Crippen molar-refractivity contribution in [3.05, 3.63) is 58.1 Å². The third kappa shape index (κ3) is 4.77. The van der Waals surface area contributed by atoms with E-state index >= 15 is 4.39 Å². The number of rotatable bonds is 9. The van der Waals surface area contributed by atoms with Gasteiger partial charge in [-0.05, 0) is 32.0 Å². The second-order valence-corrected chi connectivity index (χ2v) is 10.0. The normalized spacial score (nSPS) is 11.3. The lowest BCUT2D eigenvalue weighted by Gasteiger charge is -2.12. The first-order chi connectivity index (χ1) is 19.3. The molecule has 0 atom stereocenters. The number of pyridine rings is 1. The number of hydrogen-bond acceptors (Lipinski definition) is 9. The molecular weight excluding hydrogens is 537 g/mol. The van der Waals surface area contributed by atoms with Crippen LogP contribution >= 0.6 is 11.3 Å². The van der Waals surface area contributed by atoms with E-state index in [2.05, 4.69) is 20.5 Å². The predicted molar refractivity (Wildman–Crippen MR) is 148 cm³/mol. The molecule has 5 aromatic rings. The van der Waals surface area contributed by atoms with E-state index in [0.717, 1.165) is 16.9 Å². The zero-order chi connectivity index (χ0) is 28.6. The van der Waals surface area contributed by atoms with Gasteiger partial charge in [-0.25, -0.2) is 14.4 Å². The Morgan fingerprint density at radius 3 is 2.67 bits per heavy atom. The molecule has 13 heteroatoms. The number of carbonyl (C=O) groups excluding carboxylic acids is 1. The first-order valence-corrected chi connectivity index (χ1v) is 13.3. The van der Waals surface area contributed by atoms with Crippen LogP contribution in [-0.2, 0) is 26.7 Å². The number of aromatic nitrogens is 6. The molecule has 0 spiro atoms. The quantitative estimate of drug-likeness (QED) is 0.276. The van der Waals surface area contributed by atoms with Crippen molar-refractivity contribution in [2.24, 2.45) is 7.05 Å². The third-order valence-corrected chi connectivity index (χ3v) is 7.58. The van der Waals surface area contributed by atoms with E-state index in [0.29, 0.717) is 50.2 Å². The minimum absolute atomic E-state index is 0.137. The smallest absolute Gasteiger partial charge is 0.270 e. The van der Waals surface area contributed by atoms with Crippen LogP contribution in [0.3, 0.4) is 0 Å². The first-order valence-electron chi connectivity index (χ1n) is 12.5. The zero-order valence-corrected chi connectivity index (χ0v) is 23.5. The number of ether oxygens (including phenoxy) is 2. The standard InChI is InChI=1S/C27H28FN7O4S/c1-6-35-25(22(28)14(2)33-35)27-32-24(21(13-36)40-27)23-17-12-30-34(3)19(17)10-18(31-23)26(37)29-11-15-7-8-16(38-4)9-20(15)39-5/h7-10,12,36H,6,11,13H2,1-5H3,(H,29,37). The van der Waals surface area contributed by atoms with Crippen molar-refractivity contribution in [2.75, 3.05) is 14.2 Å². The van der Waals surface area contributed by atoms with Gasteiger partial charge in [0.15, 0.2) is 5.82 Å². The molecule has 5 rings (SSSR count). The van der Waals surface area contributed by atoms with E-state index in [4.69, 9.17) is 14.5 Å². The van der Waals surface area contributed by atoms with Crippen LogP contribution in [0, 0.1) is 12.7 Å². The van der Waals surface area contributed by atoms with Crippen molar-refractivity contribution in [1.82, 2.24) is 34.8 Å². The predicted octanol–water partition coefficient (Wildman–Crippen LogP) is 3.86. The number of amides is 1. The number of benzene rings is 1. The molecule has 1 amide bonds. The van der Waals surface area contributed by atoms with Crippen molar-refractivity contribution in [1.29, 1.82) is 0 Å². The third-order valence-electron chi connectivity index (χ3n) is 6.53. The van der Waals surface area contributed by atoms with E-state index in [1.165, 1.54) is 0 Å². The number of nitrogens with one attached hydrogen (secondary N) is 1. The average Bonchev–Trinajstić information content (AvgIpc) is 3.65. The van der Waals surface area contributed by atoms with Crippen LogP contribution in [0.15, 0.2) is 30.5 Å². The van der Waals surface area contributed by atoms with Gasteiger partial charge in [0.1, 0.15) is 39.3 Å². The Labute approximate surface area is 233 Å². The molecule has 0 aliphatic carbocycles. The first kappa shape index (κ1) is 27.2. The van der Waals surface area contributed by atoms with Gasteiger partial charge in [-0.2, -0.15) is 10.2 Å². The summed E-state index contributed by atoms with van der Waals surface area (Å²) in [7, 11) is 4.87. The van der Waals surface area contributed by atoms with Crippen LogP contribution in [0.5, 0.6) is 11.5 Å². The monoisotopic (exact) mass is 565 g/mol. The number of aliphatic hydroxyl groups excluding tert-OH is 1. The summed E-state index contributed by atoms with van der Waals surface area (Å²) in [6, 6.07) is 6.98. The van der Waals surface area contributed by atoms with Gasteiger partial charge in [-0.15, -0.1) is 11.3 Å². The summed E-state index contributed by atoms with van der Waals surface area (Å²) in [4.78, 5) is 23.1. The molecule has 2 N–H and O–H groups in total. The summed E-state index contributed by atoms with van der Waals surface area (Å²) in [5, 5.41) is 22.7.